The second-order valence-corrected chi connectivity index (χ2v) is 7.70. The Morgan fingerprint density at radius 3 is 2.50 bits per heavy atom. The molecule has 0 fully saturated rings. The van der Waals surface area contributed by atoms with Crippen molar-refractivity contribution in [2.45, 2.75) is 23.7 Å². The van der Waals surface area contributed by atoms with Gasteiger partial charge in [-0.1, -0.05) is 11.6 Å². The third-order valence-electron chi connectivity index (χ3n) is 3.66. The maximum Gasteiger partial charge on any atom is 0.418 e. The van der Waals surface area contributed by atoms with Crippen molar-refractivity contribution < 1.29 is 41.0 Å². The number of nitrogens with zero attached hydrogens (tertiary/aromatic N) is 1. The number of rotatable bonds is 6. The molecule has 1 atom stereocenters. The van der Waals surface area contributed by atoms with Gasteiger partial charge in [-0.15, -0.1) is 0 Å². The van der Waals surface area contributed by atoms with Gasteiger partial charge in [0.2, 0.25) is 10.0 Å². The molecule has 1 heterocycles. The molecule has 0 saturated heterocycles. The number of furan rings is 1. The highest BCUT2D eigenvalue weighted by Crippen LogP contribution is 2.41. The predicted octanol–water partition coefficient (Wildman–Crippen LogP) is 3.12. The van der Waals surface area contributed by atoms with Gasteiger partial charge in [-0.3, -0.25) is 4.90 Å². The minimum Gasteiger partial charge on any atom is -0.467 e. The number of halogens is 4. The Balaban J connectivity index is 2.73. The van der Waals surface area contributed by atoms with E-state index in [0.29, 0.717) is 11.0 Å². The molecule has 3 N–H and O–H groups in total. The van der Waals surface area contributed by atoms with Crippen LogP contribution < -0.4 is 9.62 Å². The van der Waals surface area contributed by atoms with Crippen molar-refractivity contribution in [1.29, 1.82) is 0 Å². The number of amides is 1. The van der Waals surface area contributed by atoms with Crippen LogP contribution in [0, 0.1) is 0 Å². The minimum absolute atomic E-state index is 0.0953. The summed E-state index contributed by atoms with van der Waals surface area (Å²) >= 11 is 5.89. The quantitative estimate of drug-likeness (QED) is 0.632. The van der Waals surface area contributed by atoms with Gasteiger partial charge in [0.25, 0.3) is 0 Å². The SMILES string of the molecule is CNS(=O)(=O)c1cc(C(O)C(F)(F)F)c(N(Cc2ccco2)C(=O)O)cc1Cl. The lowest BCUT2D eigenvalue weighted by Gasteiger charge is -2.26. The molecule has 8 nitrogen and oxygen atoms in total. The Labute approximate surface area is 162 Å². The highest BCUT2D eigenvalue weighted by molar-refractivity contribution is 7.89. The van der Waals surface area contributed by atoms with Crippen LogP contribution in [-0.2, 0) is 16.6 Å². The van der Waals surface area contributed by atoms with E-state index in [1.807, 2.05) is 4.72 Å². The molecule has 0 aliphatic rings. The van der Waals surface area contributed by atoms with E-state index in [9.17, 15) is 36.6 Å². The molecule has 0 spiro atoms. The Bertz CT molecular complexity index is 963. The molecule has 1 aromatic carbocycles. The van der Waals surface area contributed by atoms with Crippen molar-refractivity contribution in [2.75, 3.05) is 11.9 Å². The predicted molar refractivity (Wildman–Crippen MR) is 91.6 cm³/mol. The first-order chi connectivity index (χ1) is 12.9. The molecule has 0 aliphatic carbocycles. The standard InChI is InChI=1S/C15H14ClF3N2O6S/c1-20-28(25,26)12-5-9(13(22)15(17,18)19)11(6-10(12)16)21(14(23)24)7-8-3-2-4-27-8/h2-6,13,20,22H,7H2,1H3,(H,23,24). The van der Waals surface area contributed by atoms with Crippen molar-refractivity contribution in [1.82, 2.24) is 4.72 Å². The Morgan fingerprint density at radius 2 is 2.04 bits per heavy atom. The topological polar surface area (TPSA) is 120 Å². The van der Waals surface area contributed by atoms with Crippen LogP contribution in [0.2, 0.25) is 5.02 Å². The number of aliphatic hydroxyl groups is 1. The number of aliphatic hydroxyl groups excluding tert-OH is 1. The van der Waals surface area contributed by atoms with Gasteiger partial charge >= 0.3 is 12.3 Å². The summed E-state index contributed by atoms with van der Waals surface area (Å²) in [5, 5.41) is 18.6. The molecule has 0 radical (unpaired) electrons. The minimum atomic E-state index is -5.20. The molecule has 1 amide bonds. The van der Waals surface area contributed by atoms with Crippen LogP contribution >= 0.6 is 11.6 Å². The fourth-order valence-corrected chi connectivity index (χ4v) is 3.60. The van der Waals surface area contributed by atoms with Gasteiger partial charge in [-0.2, -0.15) is 13.2 Å². The fraction of sp³-hybridized carbons (Fsp3) is 0.267. The average molecular weight is 443 g/mol. The molecule has 2 aromatic rings. The number of nitrogens with one attached hydrogen (secondary N) is 1. The van der Waals surface area contributed by atoms with Crippen LogP contribution in [0.15, 0.2) is 39.8 Å². The summed E-state index contributed by atoms with van der Waals surface area (Å²) < 4.78 is 70.3. The normalized spacial score (nSPS) is 13.4. The van der Waals surface area contributed by atoms with E-state index >= 15 is 0 Å². The van der Waals surface area contributed by atoms with E-state index in [1.54, 1.807) is 0 Å². The number of sulfonamides is 1. The van der Waals surface area contributed by atoms with E-state index in [-0.39, 0.29) is 5.76 Å². The maximum absolute atomic E-state index is 13.1. The maximum atomic E-state index is 13.1. The second kappa shape index (κ2) is 7.99. The third-order valence-corrected chi connectivity index (χ3v) is 5.54. The fourth-order valence-electron chi connectivity index (χ4n) is 2.32. The Morgan fingerprint density at radius 1 is 1.39 bits per heavy atom. The molecule has 28 heavy (non-hydrogen) atoms. The molecule has 1 unspecified atom stereocenters. The molecule has 13 heteroatoms. The number of carboxylic acid groups (broad SMARTS) is 1. The number of hydrogen-bond acceptors (Lipinski definition) is 5. The van der Waals surface area contributed by atoms with E-state index in [0.717, 1.165) is 13.1 Å². The van der Waals surface area contributed by atoms with Crippen molar-refractivity contribution in [2.24, 2.45) is 0 Å². The zero-order chi connectivity index (χ0) is 21.3. The van der Waals surface area contributed by atoms with E-state index in [2.05, 4.69) is 0 Å². The largest absolute Gasteiger partial charge is 0.467 e. The van der Waals surface area contributed by atoms with E-state index < -0.39 is 56.1 Å². The lowest BCUT2D eigenvalue weighted by molar-refractivity contribution is -0.206. The van der Waals surface area contributed by atoms with Crippen molar-refractivity contribution in [3.05, 3.63) is 46.9 Å². The van der Waals surface area contributed by atoms with Crippen molar-refractivity contribution in [3.63, 3.8) is 0 Å². The summed E-state index contributed by atoms with van der Waals surface area (Å²) in [5.41, 5.74) is -1.64. The highest BCUT2D eigenvalue weighted by Gasteiger charge is 2.42. The van der Waals surface area contributed by atoms with Gasteiger partial charge < -0.3 is 14.6 Å². The number of anilines is 1. The summed E-state index contributed by atoms with van der Waals surface area (Å²) in [6, 6.07) is 4.04. The summed E-state index contributed by atoms with van der Waals surface area (Å²) in [7, 11) is -3.27. The molecule has 0 aliphatic heterocycles. The Hall–Kier alpha value is -2.28. The van der Waals surface area contributed by atoms with Gasteiger partial charge in [0.05, 0.1) is 23.5 Å². The molecule has 154 valence electrons. The monoisotopic (exact) mass is 442 g/mol. The Kier molecular flexibility index (Phi) is 6.28. The zero-order valence-electron chi connectivity index (χ0n) is 14.1. The smallest absolute Gasteiger partial charge is 0.418 e. The van der Waals surface area contributed by atoms with Crippen molar-refractivity contribution >= 4 is 33.4 Å². The molecular weight excluding hydrogens is 429 g/mol. The van der Waals surface area contributed by atoms with E-state index in [4.69, 9.17) is 16.0 Å². The van der Waals surface area contributed by atoms with Crippen LogP contribution in [0.25, 0.3) is 0 Å². The van der Waals surface area contributed by atoms with Gasteiger partial charge in [-0.05, 0) is 31.3 Å². The van der Waals surface area contributed by atoms with Crippen LogP contribution in [0.5, 0.6) is 0 Å². The zero-order valence-corrected chi connectivity index (χ0v) is 15.6. The number of alkyl halides is 3. The number of benzene rings is 1. The first-order valence-corrected chi connectivity index (χ1v) is 9.29. The lowest BCUT2D eigenvalue weighted by atomic mass is 10.1. The van der Waals surface area contributed by atoms with Crippen LogP contribution in [0.3, 0.4) is 0 Å². The van der Waals surface area contributed by atoms with Crippen molar-refractivity contribution in [3.8, 4) is 0 Å². The molecule has 0 bridgehead atoms. The molecule has 1 aromatic heterocycles. The summed E-state index contributed by atoms with van der Waals surface area (Å²) in [6.07, 6.45) is -8.80. The summed E-state index contributed by atoms with van der Waals surface area (Å²) in [6.45, 7) is -0.506. The molecular formula is C15H14ClF3N2O6S. The average Bonchev–Trinajstić information content (AvgIpc) is 3.10. The second-order valence-electron chi connectivity index (χ2n) is 5.44. The van der Waals surface area contributed by atoms with Gasteiger partial charge in [-0.25, -0.2) is 17.9 Å². The summed E-state index contributed by atoms with van der Waals surface area (Å²) in [5.74, 6) is 0.0953. The van der Waals surface area contributed by atoms with Crippen LogP contribution in [0.4, 0.5) is 23.7 Å². The third kappa shape index (κ3) is 4.58. The van der Waals surface area contributed by atoms with Gasteiger partial charge in [0.1, 0.15) is 10.7 Å². The lowest BCUT2D eigenvalue weighted by Crippen LogP contribution is -2.32. The first kappa shape index (κ1) is 22.0. The van der Waals surface area contributed by atoms with Crippen LogP contribution in [-0.4, -0.2) is 37.9 Å². The number of carbonyl (C=O) groups is 1. The first-order valence-electron chi connectivity index (χ1n) is 7.43. The number of hydrogen-bond donors (Lipinski definition) is 3. The molecule has 0 saturated carbocycles. The van der Waals surface area contributed by atoms with Crippen LogP contribution in [0.1, 0.15) is 17.4 Å². The summed E-state index contributed by atoms with van der Waals surface area (Å²) in [4.78, 5) is 11.3. The highest BCUT2D eigenvalue weighted by atomic mass is 35.5. The van der Waals surface area contributed by atoms with E-state index in [1.165, 1.54) is 18.4 Å². The van der Waals surface area contributed by atoms with Gasteiger partial charge in [0, 0.05) is 5.56 Å². The van der Waals surface area contributed by atoms with Gasteiger partial charge in [0.15, 0.2) is 6.10 Å². The molecule has 2 rings (SSSR count).